The van der Waals surface area contributed by atoms with Crippen LogP contribution >= 0.6 is 11.9 Å². The SMILES string of the molecule is CC(C)(C)C(NC(=O)c1nn(CCCCC#N)c2ccccc12)C(=O)NCCNSc1ccc(C#N)cc1. The smallest absolute Gasteiger partial charge is 0.273 e. The van der Waals surface area contributed by atoms with Gasteiger partial charge < -0.3 is 10.6 Å². The van der Waals surface area contributed by atoms with Gasteiger partial charge in [0.05, 0.1) is 23.2 Å². The molecule has 0 aliphatic rings. The van der Waals surface area contributed by atoms with Crippen molar-refractivity contribution < 1.29 is 9.59 Å². The van der Waals surface area contributed by atoms with Crippen LogP contribution < -0.4 is 15.4 Å². The van der Waals surface area contributed by atoms with Crippen LogP contribution in [0.2, 0.25) is 0 Å². The molecule has 0 radical (unpaired) electrons. The number of benzene rings is 2. The predicted molar refractivity (Wildman–Crippen MR) is 148 cm³/mol. The van der Waals surface area contributed by atoms with Crippen molar-refractivity contribution in [3.63, 3.8) is 0 Å². The number of para-hydroxylation sites is 1. The Morgan fingerprint density at radius 3 is 2.47 bits per heavy atom. The maximum Gasteiger partial charge on any atom is 0.273 e. The zero-order chi connectivity index (χ0) is 27.5. The summed E-state index contributed by atoms with van der Waals surface area (Å²) in [6, 6.07) is 18.2. The molecule has 1 aromatic heterocycles. The molecule has 3 rings (SSSR count). The standard InChI is InChI=1S/C28H33N7O2S/c1-28(2,3)25(27(37)31-16-17-32-38-21-13-11-20(19-30)12-14-21)33-26(36)24-22-9-5-6-10-23(22)35(34-24)18-8-4-7-15-29/h5-6,9-14,25,32H,4,7-8,16-18H2,1-3H3,(H,31,37)(H,33,36). The minimum atomic E-state index is -0.763. The Labute approximate surface area is 227 Å². The molecule has 10 heteroatoms. The molecule has 0 fully saturated rings. The first-order chi connectivity index (χ1) is 18.2. The summed E-state index contributed by atoms with van der Waals surface area (Å²) in [5.41, 5.74) is 1.20. The van der Waals surface area contributed by atoms with Crippen molar-refractivity contribution in [2.24, 2.45) is 5.41 Å². The summed E-state index contributed by atoms with van der Waals surface area (Å²) in [6.45, 7) is 7.21. The summed E-state index contributed by atoms with van der Waals surface area (Å²) >= 11 is 1.42. The molecule has 2 amide bonds. The largest absolute Gasteiger partial charge is 0.353 e. The van der Waals surface area contributed by atoms with Gasteiger partial charge in [0.1, 0.15) is 6.04 Å². The number of aromatic nitrogens is 2. The van der Waals surface area contributed by atoms with Crippen molar-refractivity contribution in [1.82, 2.24) is 25.1 Å². The summed E-state index contributed by atoms with van der Waals surface area (Å²) in [4.78, 5) is 27.4. The summed E-state index contributed by atoms with van der Waals surface area (Å²) in [6.07, 6.45) is 2.03. The number of carbonyl (C=O) groups excluding carboxylic acids is 2. The molecule has 3 aromatic rings. The lowest BCUT2D eigenvalue weighted by molar-refractivity contribution is -0.125. The Morgan fingerprint density at radius 1 is 1.05 bits per heavy atom. The molecule has 1 atom stereocenters. The van der Waals surface area contributed by atoms with Gasteiger partial charge in [-0.1, -0.05) is 39.0 Å². The summed E-state index contributed by atoms with van der Waals surface area (Å²) in [5, 5.41) is 28.8. The number of rotatable bonds is 12. The molecular formula is C28H33N7O2S. The molecule has 3 N–H and O–H groups in total. The van der Waals surface area contributed by atoms with Gasteiger partial charge in [-0.2, -0.15) is 15.6 Å². The number of hydrogen-bond acceptors (Lipinski definition) is 7. The number of nitrogens with one attached hydrogen (secondary N) is 3. The molecule has 1 heterocycles. The van der Waals surface area contributed by atoms with Gasteiger partial charge in [0.2, 0.25) is 5.91 Å². The van der Waals surface area contributed by atoms with E-state index in [0.29, 0.717) is 31.6 Å². The Bertz CT molecular complexity index is 1330. The fourth-order valence-corrected chi connectivity index (χ4v) is 4.52. The minimum Gasteiger partial charge on any atom is -0.353 e. The molecule has 9 nitrogen and oxygen atoms in total. The second-order valence-corrected chi connectivity index (χ2v) is 10.9. The molecule has 0 saturated carbocycles. The number of fused-ring (bicyclic) bond motifs is 1. The molecular weight excluding hydrogens is 498 g/mol. The normalized spacial score (nSPS) is 11.9. The van der Waals surface area contributed by atoms with E-state index in [2.05, 4.69) is 32.6 Å². The predicted octanol–water partition coefficient (Wildman–Crippen LogP) is 4.16. The van der Waals surface area contributed by atoms with Crippen molar-refractivity contribution in [3.05, 3.63) is 59.8 Å². The second kappa shape index (κ2) is 13.6. The molecule has 0 bridgehead atoms. The van der Waals surface area contributed by atoms with Crippen LogP contribution in [-0.2, 0) is 11.3 Å². The summed E-state index contributed by atoms with van der Waals surface area (Å²) in [5.74, 6) is -0.669. The van der Waals surface area contributed by atoms with Gasteiger partial charge in [0, 0.05) is 36.3 Å². The van der Waals surface area contributed by atoms with Crippen LogP contribution in [0.4, 0.5) is 0 Å². The summed E-state index contributed by atoms with van der Waals surface area (Å²) in [7, 11) is 0. The van der Waals surface area contributed by atoms with Crippen LogP contribution in [0.5, 0.6) is 0 Å². The number of amides is 2. The van der Waals surface area contributed by atoms with Gasteiger partial charge in [-0.05, 0) is 60.5 Å². The van der Waals surface area contributed by atoms with Crippen LogP contribution in [0.3, 0.4) is 0 Å². The number of nitrogens with zero attached hydrogens (tertiary/aromatic N) is 4. The van der Waals surface area contributed by atoms with Crippen molar-refractivity contribution in [1.29, 1.82) is 10.5 Å². The first-order valence-electron chi connectivity index (χ1n) is 12.6. The molecule has 0 aliphatic carbocycles. The van der Waals surface area contributed by atoms with E-state index in [1.54, 1.807) is 16.8 Å². The van der Waals surface area contributed by atoms with E-state index in [4.69, 9.17) is 10.5 Å². The minimum absolute atomic E-state index is 0.267. The Kier molecular flexibility index (Phi) is 10.3. The number of unbranched alkanes of at least 4 members (excludes halogenated alkanes) is 2. The third-order valence-electron chi connectivity index (χ3n) is 5.88. The van der Waals surface area contributed by atoms with E-state index < -0.39 is 17.4 Å². The first-order valence-corrected chi connectivity index (χ1v) is 13.4. The highest BCUT2D eigenvalue weighted by atomic mass is 32.2. The van der Waals surface area contributed by atoms with Crippen molar-refractivity contribution in [3.8, 4) is 12.1 Å². The fraction of sp³-hybridized carbons (Fsp3) is 0.393. The van der Waals surface area contributed by atoms with Crippen LogP contribution in [-0.4, -0.2) is 40.7 Å². The second-order valence-electron chi connectivity index (χ2n) is 9.90. The monoisotopic (exact) mass is 531 g/mol. The number of nitriles is 2. The van der Waals surface area contributed by atoms with Crippen LogP contribution in [0.15, 0.2) is 53.4 Å². The average molecular weight is 532 g/mol. The summed E-state index contributed by atoms with van der Waals surface area (Å²) < 4.78 is 4.98. The molecule has 0 aliphatic heterocycles. The molecule has 0 saturated heterocycles. The number of hydrogen-bond donors (Lipinski definition) is 3. The van der Waals surface area contributed by atoms with Crippen molar-refractivity contribution in [2.45, 2.75) is 57.5 Å². The quantitative estimate of drug-likeness (QED) is 0.236. The Hall–Kier alpha value is -3.86. The van der Waals surface area contributed by atoms with E-state index in [9.17, 15) is 9.59 Å². The van der Waals surface area contributed by atoms with E-state index in [-0.39, 0.29) is 11.6 Å². The topological polar surface area (TPSA) is 136 Å². The van der Waals surface area contributed by atoms with E-state index in [1.165, 1.54) is 11.9 Å². The Balaban J connectivity index is 1.60. The van der Waals surface area contributed by atoms with Crippen molar-refractivity contribution in [2.75, 3.05) is 13.1 Å². The van der Waals surface area contributed by atoms with Gasteiger partial charge >= 0.3 is 0 Å². The lowest BCUT2D eigenvalue weighted by atomic mass is 9.86. The van der Waals surface area contributed by atoms with E-state index >= 15 is 0 Å². The molecule has 2 aromatic carbocycles. The third kappa shape index (κ3) is 7.82. The maximum absolute atomic E-state index is 13.3. The zero-order valence-electron chi connectivity index (χ0n) is 22.0. The van der Waals surface area contributed by atoms with Gasteiger partial charge in [-0.3, -0.25) is 19.0 Å². The van der Waals surface area contributed by atoms with Crippen LogP contribution in [0, 0.1) is 28.1 Å². The third-order valence-corrected chi connectivity index (χ3v) is 6.74. The highest BCUT2D eigenvalue weighted by Gasteiger charge is 2.33. The van der Waals surface area contributed by atoms with Crippen LogP contribution in [0.1, 0.15) is 56.1 Å². The van der Waals surface area contributed by atoms with Gasteiger partial charge in [0.25, 0.3) is 5.91 Å². The molecule has 198 valence electrons. The van der Waals surface area contributed by atoms with Gasteiger partial charge in [-0.25, -0.2) is 0 Å². The van der Waals surface area contributed by atoms with E-state index in [1.807, 2.05) is 57.2 Å². The van der Waals surface area contributed by atoms with Crippen LogP contribution in [0.25, 0.3) is 10.9 Å². The Morgan fingerprint density at radius 2 is 1.79 bits per heavy atom. The van der Waals surface area contributed by atoms with Crippen molar-refractivity contribution >= 4 is 34.7 Å². The van der Waals surface area contributed by atoms with Gasteiger partial charge in [0.15, 0.2) is 5.69 Å². The number of carbonyl (C=O) groups is 2. The average Bonchev–Trinajstić information content (AvgIpc) is 3.28. The maximum atomic E-state index is 13.3. The first kappa shape index (κ1) is 28.7. The molecule has 0 spiro atoms. The highest BCUT2D eigenvalue weighted by molar-refractivity contribution is 7.97. The molecule has 38 heavy (non-hydrogen) atoms. The fourth-order valence-electron chi connectivity index (χ4n) is 3.88. The highest BCUT2D eigenvalue weighted by Crippen LogP contribution is 2.23. The lowest BCUT2D eigenvalue weighted by Crippen LogP contribution is -2.54. The number of aryl methyl sites for hydroxylation is 1. The lowest BCUT2D eigenvalue weighted by Gasteiger charge is -2.30. The van der Waals surface area contributed by atoms with Gasteiger partial charge in [-0.15, -0.1) is 0 Å². The van der Waals surface area contributed by atoms with E-state index in [0.717, 1.165) is 28.6 Å². The zero-order valence-corrected chi connectivity index (χ0v) is 22.8. The molecule has 1 unspecified atom stereocenters.